The standard InChI is InChI=1S/C54H52N2/c1-3-39-13-27-49(28-14-39)55(53-35-25-41-9-5-7-11-47(41)37-53)51-31-21-45(22-32-51)43-17-19-44(20-18-43)46-23-33-52(34-24-46)56(50-29-15-40(4-2)16-30-50)54-36-26-42-10-6-8-12-48(42)38-54/h13-38H,3-12H2,1-2H3. The van der Waals surface area contributed by atoms with Crippen molar-refractivity contribution in [2.24, 2.45) is 0 Å². The number of aryl methyl sites for hydroxylation is 6. The van der Waals surface area contributed by atoms with Crippen molar-refractivity contribution in [2.75, 3.05) is 9.80 Å². The second kappa shape index (κ2) is 16.1. The summed E-state index contributed by atoms with van der Waals surface area (Å²) < 4.78 is 0. The van der Waals surface area contributed by atoms with Gasteiger partial charge in [-0.3, -0.25) is 0 Å². The van der Waals surface area contributed by atoms with Gasteiger partial charge in [-0.2, -0.15) is 0 Å². The maximum Gasteiger partial charge on any atom is 0.0464 e. The Labute approximate surface area is 334 Å². The van der Waals surface area contributed by atoms with Gasteiger partial charge in [-0.25, -0.2) is 0 Å². The predicted molar refractivity (Wildman–Crippen MR) is 239 cm³/mol. The van der Waals surface area contributed by atoms with Crippen LogP contribution in [0.3, 0.4) is 0 Å². The Kier molecular flexibility index (Phi) is 10.3. The van der Waals surface area contributed by atoms with Gasteiger partial charge in [0.2, 0.25) is 0 Å². The van der Waals surface area contributed by atoms with Gasteiger partial charge in [-0.15, -0.1) is 0 Å². The Hall–Kier alpha value is -5.86. The molecule has 0 atom stereocenters. The number of hydrogen-bond donors (Lipinski definition) is 0. The van der Waals surface area contributed by atoms with Crippen LogP contribution in [0, 0.1) is 0 Å². The molecule has 0 amide bonds. The van der Waals surface area contributed by atoms with E-state index in [1.807, 2.05) is 0 Å². The highest BCUT2D eigenvalue weighted by Gasteiger charge is 2.18. The van der Waals surface area contributed by atoms with Crippen LogP contribution >= 0.6 is 0 Å². The smallest absolute Gasteiger partial charge is 0.0464 e. The van der Waals surface area contributed by atoms with E-state index in [9.17, 15) is 0 Å². The zero-order valence-electron chi connectivity index (χ0n) is 33.0. The predicted octanol–water partition coefficient (Wildman–Crippen LogP) is 14.8. The molecule has 2 nitrogen and oxygen atoms in total. The fourth-order valence-corrected chi connectivity index (χ4v) is 8.83. The number of anilines is 6. The number of rotatable bonds is 10. The SMILES string of the molecule is CCc1ccc(N(c2ccc(-c3ccc(-c4ccc(N(c5ccc(CC)cc5)c5ccc6c(c5)CCCC6)cc4)cc3)cc2)c2ccc3c(c2)CCCC3)cc1. The van der Waals surface area contributed by atoms with Crippen LogP contribution in [-0.4, -0.2) is 0 Å². The van der Waals surface area contributed by atoms with Crippen LogP contribution in [0.2, 0.25) is 0 Å². The van der Waals surface area contributed by atoms with E-state index in [0.29, 0.717) is 0 Å². The molecule has 0 aromatic heterocycles. The third kappa shape index (κ3) is 7.41. The minimum Gasteiger partial charge on any atom is -0.310 e. The van der Waals surface area contributed by atoms with Gasteiger partial charge in [-0.05, 0) is 193 Å². The molecule has 0 spiro atoms. The highest BCUT2D eigenvalue weighted by atomic mass is 15.1. The quantitative estimate of drug-likeness (QED) is 0.138. The maximum atomic E-state index is 2.43. The van der Waals surface area contributed by atoms with Gasteiger partial charge in [-0.1, -0.05) is 98.8 Å². The molecule has 278 valence electrons. The van der Waals surface area contributed by atoms with Crippen molar-refractivity contribution in [3.63, 3.8) is 0 Å². The number of fused-ring (bicyclic) bond motifs is 2. The second-order valence-corrected chi connectivity index (χ2v) is 15.7. The van der Waals surface area contributed by atoms with Gasteiger partial charge in [0.05, 0.1) is 0 Å². The first-order valence-corrected chi connectivity index (χ1v) is 21.0. The lowest BCUT2D eigenvalue weighted by Gasteiger charge is -2.28. The van der Waals surface area contributed by atoms with Crippen molar-refractivity contribution in [1.29, 1.82) is 0 Å². The Morgan fingerprint density at radius 1 is 0.304 bits per heavy atom. The topological polar surface area (TPSA) is 6.48 Å². The fraction of sp³-hybridized carbons (Fsp3) is 0.222. The van der Waals surface area contributed by atoms with E-state index < -0.39 is 0 Å². The molecule has 0 radical (unpaired) electrons. The summed E-state index contributed by atoms with van der Waals surface area (Å²) in [5.41, 5.74) is 20.9. The Balaban J connectivity index is 0.970. The van der Waals surface area contributed by atoms with E-state index in [0.717, 1.165) is 12.8 Å². The number of benzene rings is 7. The minimum absolute atomic E-state index is 1.04. The molecule has 0 heterocycles. The summed E-state index contributed by atoms with van der Waals surface area (Å²) in [6.45, 7) is 4.44. The summed E-state index contributed by atoms with van der Waals surface area (Å²) in [7, 11) is 0. The summed E-state index contributed by atoms with van der Waals surface area (Å²) in [4.78, 5) is 4.83. The van der Waals surface area contributed by atoms with Crippen LogP contribution in [-0.2, 0) is 38.5 Å². The van der Waals surface area contributed by atoms with E-state index >= 15 is 0 Å². The zero-order valence-corrected chi connectivity index (χ0v) is 33.0. The lowest BCUT2D eigenvalue weighted by atomic mass is 9.91. The second-order valence-electron chi connectivity index (χ2n) is 15.7. The van der Waals surface area contributed by atoms with Crippen LogP contribution < -0.4 is 9.80 Å². The highest BCUT2D eigenvalue weighted by Crippen LogP contribution is 2.40. The molecule has 0 saturated carbocycles. The van der Waals surface area contributed by atoms with Gasteiger partial charge in [0, 0.05) is 34.1 Å². The maximum absolute atomic E-state index is 2.43. The van der Waals surface area contributed by atoms with Gasteiger partial charge in [0.1, 0.15) is 0 Å². The van der Waals surface area contributed by atoms with Crippen molar-refractivity contribution in [3.05, 3.63) is 191 Å². The molecule has 2 aliphatic carbocycles. The normalized spacial score (nSPS) is 13.5. The molecule has 56 heavy (non-hydrogen) atoms. The first-order chi connectivity index (χ1) is 27.6. The van der Waals surface area contributed by atoms with E-state index in [1.54, 1.807) is 0 Å². The Bertz CT molecular complexity index is 2230. The Morgan fingerprint density at radius 2 is 0.571 bits per heavy atom. The van der Waals surface area contributed by atoms with E-state index in [1.165, 1.54) is 141 Å². The van der Waals surface area contributed by atoms with Crippen molar-refractivity contribution in [3.8, 4) is 22.3 Å². The first-order valence-electron chi connectivity index (χ1n) is 21.0. The number of hydrogen-bond acceptors (Lipinski definition) is 2. The van der Waals surface area contributed by atoms with E-state index in [-0.39, 0.29) is 0 Å². The van der Waals surface area contributed by atoms with Crippen molar-refractivity contribution in [1.82, 2.24) is 0 Å². The molecular weight excluding hydrogens is 677 g/mol. The molecule has 0 aliphatic heterocycles. The third-order valence-electron chi connectivity index (χ3n) is 12.2. The van der Waals surface area contributed by atoms with Crippen LogP contribution in [0.4, 0.5) is 34.1 Å². The zero-order chi connectivity index (χ0) is 37.8. The van der Waals surface area contributed by atoms with E-state index in [2.05, 4.69) is 181 Å². The molecule has 0 unspecified atom stereocenters. The van der Waals surface area contributed by atoms with Gasteiger partial charge in [0.25, 0.3) is 0 Å². The van der Waals surface area contributed by atoms with Crippen molar-refractivity contribution < 1.29 is 0 Å². The molecule has 7 aromatic carbocycles. The van der Waals surface area contributed by atoms with Crippen molar-refractivity contribution in [2.45, 2.75) is 78.1 Å². The molecule has 0 fully saturated rings. The lowest BCUT2D eigenvalue weighted by Crippen LogP contribution is -2.12. The average molecular weight is 729 g/mol. The molecule has 9 rings (SSSR count). The van der Waals surface area contributed by atoms with Crippen LogP contribution in [0.5, 0.6) is 0 Å². The molecule has 0 bridgehead atoms. The average Bonchev–Trinajstić information content (AvgIpc) is 3.27. The summed E-state index contributed by atoms with van der Waals surface area (Å²) in [6.07, 6.45) is 12.0. The van der Waals surface area contributed by atoms with Crippen LogP contribution in [0.1, 0.15) is 72.9 Å². The molecule has 0 saturated heterocycles. The third-order valence-corrected chi connectivity index (χ3v) is 12.2. The van der Waals surface area contributed by atoms with Crippen LogP contribution in [0.15, 0.2) is 158 Å². The molecule has 7 aromatic rings. The van der Waals surface area contributed by atoms with Crippen LogP contribution in [0.25, 0.3) is 22.3 Å². The minimum atomic E-state index is 1.04. The van der Waals surface area contributed by atoms with Gasteiger partial charge < -0.3 is 9.80 Å². The largest absolute Gasteiger partial charge is 0.310 e. The molecule has 0 N–H and O–H groups in total. The first kappa shape index (κ1) is 35.8. The molecule has 2 aliphatic rings. The monoisotopic (exact) mass is 728 g/mol. The molecule has 2 heteroatoms. The van der Waals surface area contributed by atoms with Gasteiger partial charge >= 0.3 is 0 Å². The summed E-state index contributed by atoms with van der Waals surface area (Å²) in [5.74, 6) is 0. The van der Waals surface area contributed by atoms with Crippen molar-refractivity contribution >= 4 is 34.1 Å². The summed E-state index contributed by atoms with van der Waals surface area (Å²) in [5, 5.41) is 0. The summed E-state index contributed by atoms with van der Waals surface area (Å²) >= 11 is 0. The number of nitrogens with zero attached hydrogens (tertiary/aromatic N) is 2. The van der Waals surface area contributed by atoms with Gasteiger partial charge in [0.15, 0.2) is 0 Å². The fourth-order valence-electron chi connectivity index (χ4n) is 8.83. The lowest BCUT2D eigenvalue weighted by molar-refractivity contribution is 0.685. The summed E-state index contributed by atoms with van der Waals surface area (Å²) in [6, 6.07) is 59.6. The Morgan fingerprint density at radius 3 is 0.893 bits per heavy atom. The molecular formula is C54H52N2. The van der Waals surface area contributed by atoms with E-state index in [4.69, 9.17) is 0 Å². The highest BCUT2D eigenvalue weighted by molar-refractivity contribution is 5.81.